The summed E-state index contributed by atoms with van der Waals surface area (Å²) in [6.07, 6.45) is 3.04. The van der Waals surface area contributed by atoms with Crippen LogP contribution in [0.15, 0.2) is 24.5 Å². The standard InChI is InChI=1S/C15H19N3O5S/c1-23-8-14(19)17-6-7-18(13-10-24(21,22)9-12(13)17)15(20)11-2-4-16-5-3-11/h2-5,12-13H,6-10H2,1H3/t12-,13+/m1/s1. The summed E-state index contributed by atoms with van der Waals surface area (Å²) < 4.78 is 29.1. The molecule has 2 atom stereocenters. The Labute approximate surface area is 140 Å². The molecular formula is C15H19N3O5S. The molecule has 24 heavy (non-hydrogen) atoms. The zero-order valence-corrected chi connectivity index (χ0v) is 14.1. The van der Waals surface area contributed by atoms with E-state index < -0.39 is 21.9 Å². The molecule has 2 fully saturated rings. The molecule has 0 N–H and O–H groups in total. The van der Waals surface area contributed by atoms with E-state index in [1.54, 1.807) is 17.0 Å². The van der Waals surface area contributed by atoms with Crippen molar-refractivity contribution < 1.29 is 22.7 Å². The lowest BCUT2D eigenvalue weighted by Gasteiger charge is -2.43. The molecule has 0 bridgehead atoms. The molecule has 9 heteroatoms. The van der Waals surface area contributed by atoms with Crippen molar-refractivity contribution in [2.24, 2.45) is 0 Å². The maximum atomic E-state index is 12.7. The number of amides is 2. The molecular weight excluding hydrogens is 334 g/mol. The second-order valence-electron chi connectivity index (χ2n) is 5.97. The number of ether oxygens (including phenoxy) is 1. The van der Waals surface area contributed by atoms with E-state index in [9.17, 15) is 18.0 Å². The maximum absolute atomic E-state index is 12.7. The number of pyridine rings is 1. The summed E-state index contributed by atoms with van der Waals surface area (Å²) in [5.74, 6) is -0.720. The first kappa shape index (κ1) is 16.8. The van der Waals surface area contributed by atoms with Gasteiger partial charge in [0.2, 0.25) is 5.91 Å². The highest BCUT2D eigenvalue weighted by molar-refractivity contribution is 7.91. The van der Waals surface area contributed by atoms with Gasteiger partial charge >= 0.3 is 0 Å². The van der Waals surface area contributed by atoms with Gasteiger partial charge in [0.15, 0.2) is 9.84 Å². The number of hydrogen-bond acceptors (Lipinski definition) is 6. The van der Waals surface area contributed by atoms with Crippen LogP contribution < -0.4 is 0 Å². The molecule has 3 heterocycles. The van der Waals surface area contributed by atoms with Crippen LogP contribution in [0.5, 0.6) is 0 Å². The van der Waals surface area contributed by atoms with Gasteiger partial charge in [-0.3, -0.25) is 14.6 Å². The van der Waals surface area contributed by atoms with Gasteiger partial charge in [0.1, 0.15) is 6.61 Å². The Morgan fingerprint density at radius 1 is 1.17 bits per heavy atom. The number of fused-ring (bicyclic) bond motifs is 1. The number of methoxy groups -OCH3 is 1. The summed E-state index contributed by atoms with van der Waals surface area (Å²) in [6, 6.07) is 2.16. The Bertz CT molecular complexity index is 737. The second kappa shape index (κ2) is 6.48. The molecule has 0 saturated carbocycles. The van der Waals surface area contributed by atoms with Crippen LogP contribution in [0.1, 0.15) is 10.4 Å². The molecule has 1 aromatic heterocycles. The minimum absolute atomic E-state index is 0.0957. The SMILES string of the molecule is COCC(=O)N1CCN(C(=O)c2ccncc2)[C@H]2CS(=O)(=O)C[C@H]21. The third-order valence-electron chi connectivity index (χ3n) is 4.45. The van der Waals surface area contributed by atoms with E-state index in [1.165, 1.54) is 24.4 Å². The normalized spacial score (nSPS) is 25.4. The van der Waals surface area contributed by atoms with Crippen molar-refractivity contribution in [3.05, 3.63) is 30.1 Å². The van der Waals surface area contributed by atoms with Crippen LogP contribution in [0.25, 0.3) is 0 Å². The molecule has 0 radical (unpaired) electrons. The van der Waals surface area contributed by atoms with Crippen molar-refractivity contribution in [1.82, 2.24) is 14.8 Å². The zero-order chi connectivity index (χ0) is 17.3. The predicted octanol–water partition coefficient (Wildman–Crippen LogP) is -0.822. The third-order valence-corrected chi connectivity index (χ3v) is 6.15. The first-order chi connectivity index (χ1) is 11.4. The number of aromatic nitrogens is 1. The van der Waals surface area contributed by atoms with Crippen molar-refractivity contribution >= 4 is 21.7 Å². The van der Waals surface area contributed by atoms with Crippen molar-refractivity contribution in [3.63, 3.8) is 0 Å². The average molecular weight is 353 g/mol. The summed E-state index contributed by atoms with van der Waals surface area (Å²) >= 11 is 0. The highest BCUT2D eigenvalue weighted by atomic mass is 32.2. The molecule has 2 aliphatic heterocycles. The van der Waals surface area contributed by atoms with Crippen molar-refractivity contribution in [2.75, 3.05) is 38.3 Å². The van der Waals surface area contributed by atoms with Gasteiger partial charge in [-0.05, 0) is 12.1 Å². The summed E-state index contributed by atoms with van der Waals surface area (Å²) in [5.41, 5.74) is 0.463. The number of hydrogen-bond donors (Lipinski definition) is 0. The topological polar surface area (TPSA) is 96.9 Å². The number of piperazine rings is 1. The van der Waals surface area contributed by atoms with Gasteiger partial charge < -0.3 is 14.5 Å². The zero-order valence-electron chi connectivity index (χ0n) is 13.3. The van der Waals surface area contributed by atoms with E-state index in [-0.39, 0.29) is 29.9 Å². The Balaban J connectivity index is 1.87. The van der Waals surface area contributed by atoms with Gasteiger partial charge in [-0.1, -0.05) is 0 Å². The highest BCUT2D eigenvalue weighted by Crippen LogP contribution is 2.28. The number of nitrogens with zero attached hydrogens (tertiary/aromatic N) is 3. The molecule has 2 amide bonds. The van der Waals surface area contributed by atoms with Gasteiger partial charge in [-0.15, -0.1) is 0 Å². The van der Waals surface area contributed by atoms with E-state index in [2.05, 4.69) is 4.98 Å². The number of rotatable bonds is 3. The summed E-state index contributed by atoms with van der Waals surface area (Å²) in [6.45, 7) is 0.505. The van der Waals surface area contributed by atoms with Crippen LogP contribution in [-0.4, -0.2) is 85.4 Å². The first-order valence-electron chi connectivity index (χ1n) is 7.63. The van der Waals surface area contributed by atoms with Crippen molar-refractivity contribution in [2.45, 2.75) is 12.1 Å². The first-order valence-corrected chi connectivity index (χ1v) is 9.45. The van der Waals surface area contributed by atoms with E-state index in [0.29, 0.717) is 18.7 Å². The smallest absolute Gasteiger partial charge is 0.254 e. The minimum Gasteiger partial charge on any atom is -0.375 e. The van der Waals surface area contributed by atoms with Crippen LogP contribution in [0.2, 0.25) is 0 Å². The largest absolute Gasteiger partial charge is 0.375 e. The lowest BCUT2D eigenvalue weighted by molar-refractivity contribution is -0.140. The Kier molecular flexibility index (Phi) is 4.55. The van der Waals surface area contributed by atoms with Gasteiger partial charge in [0, 0.05) is 38.2 Å². The lowest BCUT2D eigenvalue weighted by Crippen LogP contribution is -2.62. The third kappa shape index (κ3) is 3.13. The Morgan fingerprint density at radius 2 is 1.75 bits per heavy atom. The Hall–Kier alpha value is -2.00. The van der Waals surface area contributed by atoms with Gasteiger partial charge in [0.05, 0.1) is 23.6 Å². The molecule has 3 rings (SSSR count). The second-order valence-corrected chi connectivity index (χ2v) is 8.12. The quantitative estimate of drug-likeness (QED) is 0.704. The van der Waals surface area contributed by atoms with E-state index in [0.717, 1.165) is 0 Å². The molecule has 1 aromatic rings. The summed E-state index contributed by atoms with van der Waals surface area (Å²) in [4.78, 5) is 31.9. The molecule has 0 spiro atoms. The monoisotopic (exact) mass is 353 g/mol. The molecule has 130 valence electrons. The van der Waals surface area contributed by atoms with E-state index in [1.807, 2.05) is 0 Å². The molecule has 0 unspecified atom stereocenters. The van der Waals surface area contributed by atoms with E-state index >= 15 is 0 Å². The highest BCUT2D eigenvalue weighted by Gasteiger charge is 2.49. The molecule has 0 aliphatic carbocycles. The minimum atomic E-state index is -3.30. The number of carbonyl (C=O) groups excluding carboxylic acids is 2. The van der Waals surface area contributed by atoms with Gasteiger partial charge in [-0.2, -0.15) is 0 Å². The summed E-state index contributed by atoms with van der Waals surface area (Å²) in [7, 11) is -1.88. The fraction of sp³-hybridized carbons (Fsp3) is 0.533. The predicted molar refractivity (Wildman–Crippen MR) is 85.1 cm³/mol. The summed E-state index contributed by atoms with van der Waals surface area (Å²) in [5, 5.41) is 0. The fourth-order valence-corrected chi connectivity index (χ4v) is 5.36. The molecule has 0 aromatic carbocycles. The molecule has 8 nitrogen and oxygen atoms in total. The van der Waals surface area contributed by atoms with Crippen molar-refractivity contribution in [1.29, 1.82) is 0 Å². The van der Waals surface area contributed by atoms with Crippen LogP contribution in [0.3, 0.4) is 0 Å². The Morgan fingerprint density at radius 3 is 2.38 bits per heavy atom. The van der Waals surface area contributed by atoms with Crippen LogP contribution >= 0.6 is 0 Å². The van der Waals surface area contributed by atoms with Crippen LogP contribution in [0, 0.1) is 0 Å². The fourth-order valence-electron chi connectivity index (χ4n) is 3.38. The molecule has 2 saturated heterocycles. The van der Waals surface area contributed by atoms with E-state index in [4.69, 9.17) is 4.74 Å². The average Bonchev–Trinajstić information content (AvgIpc) is 2.89. The van der Waals surface area contributed by atoms with Gasteiger partial charge in [0.25, 0.3) is 5.91 Å². The maximum Gasteiger partial charge on any atom is 0.254 e. The van der Waals surface area contributed by atoms with Crippen molar-refractivity contribution in [3.8, 4) is 0 Å². The van der Waals surface area contributed by atoms with Gasteiger partial charge in [-0.25, -0.2) is 8.42 Å². The van der Waals surface area contributed by atoms with Crippen LogP contribution in [0.4, 0.5) is 0 Å². The number of carbonyl (C=O) groups is 2. The number of sulfone groups is 1. The lowest BCUT2D eigenvalue weighted by atomic mass is 10.0. The van der Waals surface area contributed by atoms with Crippen LogP contribution in [-0.2, 0) is 19.4 Å². The molecule has 2 aliphatic rings.